The van der Waals surface area contributed by atoms with Gasteiger partial charge in [0.25, 0.3) is 5.91 Å². The zero-order valence-electron chi connectivity index (χ0n) is 12.5. The average Bonchev–Trinajstić information content (AvgIpc) is 2.49. The minimum Gasteiger partial charge on any atom is -0.322 e. The Hall–Kier alpha value is -2.18. The molecule has 0 aromatic heterocycles. The summed E-state index contributed by atoms with van der Waals surface area (Å²) in [6.45, 7) is 3.93. The van der Waals surface area contributed by atoms with Gasteiger partial charge in [0, 0.05) is 17.8 Å². The third-order valence-corrected chi connectivity index (χ3v) is 4.72. The highest BCUT2D eigenvalue weighted by atomic mass is 32.2. The standard InChI is InChI=1S/C16H18N2O3S/c1-3-17-22(20,21)14-10-8-13(9-11-14)16(19)18-15-7-5-4-6-12(15)2/h4-11,17H,3H2,1-2H3,(H,18,19). The quantitative estimate of drug-likeness (QED) is 0.889. The summed E-state index contributed by atoms with van der Waals surface area (Å²) in [6, 6.07) is 13.3. The highest BCUT2D eigenvalue weighted by molar-refractivity contribution is 7.89. The zero-order valence-corrected chi connectivity index (χ0v) is 13.3. The van der Waals surface area contributed by atoms with Crippen LogP contribution in [-0.4, -0.2) is 20.9 Å². The summed E-state index contributed by atoms with van der Waals surface area (Å²) < 4.78 is 26.1. The van der Waals surface area contributed by atoms with E-state index < -0.39 is 10.0 Å². The van der Waals surface area contributed by atoms with Crippen LogP contribution in [0.1, 0.15) is 22.8 Å². The van der Waals surface area contributed by atoms with Gasteiger partial charge in [-0.2, -0.15) is 0 Å². The highest BCUT2D eigenvalue weighted by Gasteiger charge is 2.14. The molecular formula is C16H18N2O3S. The van der Waals surface area contributed by atoms with Crippen LogP contribution in [0.25, 0.3) is 0 Å². The number of para-hydroxylation sites is 1. The number of amides is 1. The summed E-state index contributed by atoms with van der Waals surface area (Å²) in [7, 11) is -3.50. The van der Waals surface area contributed by atoms with Crippen LogP contribution in [0.15, 0.2) is 53.4 Å². The predicted octanol–water partition coefficient (Wildman–Crippen LogP) is 2.55. The van der Waals surface area contributed by atoms with Crippen LogP contribution < -0.4 is 10.0 Å². The topological polar surface area (TPSA) is 75.3 Å². The summed E-state index contributed by atoms with van der Waals surface area (Å²) >= 11 is 0. The van der Waals surface area contributed by atoms with Crippen LogP contribution in [0.5, 0.6) is 0 Å². The highest BCUT2D eigenvalue weighted by Crippen LogP contribution is 2.16. The number of nitrogens with one attached hydrogen (secondary N) is 2. The third kappa shape index (κ3) is 3.72. The summed E-state index contributed by atoms with van der Waals surface area (Å²) in [4.78, 5) is 12.3. The fourth-order valence-corrected chi connectivity index (χ4v) is 3.01. The van der Waals surface area contributed by atoms with Gasteiger partial charge in [0.15, 0.2) is 0 Å². The van der Waals surface area contributed by atoms with Gasteiger partial charge in [0.05, 0.1) is 4.90 Å². The third-order valence-electron chi connectivity index (χ3n) is 3.15. The largest absolute Gasteiger partial charge is 0.322 e. The maximum atomic E-state index is 12.2. The number of benzene rings is 2. The van der Waals surface area contributed by atoms with E-state index in [0.29, 0.717) is 12.1 Å². The number of rotatable bonds is 5. The Morgan fingerprint density at radius 2 is 1.68 bits per heavy atom. The smallest absolute Gasteiger partial charge is 0.255 e. The normalized spacial score (nSPS) is 11.2. The summed E-state index contributed by atoms with van der Waals surface area (Å²) in [6.07, 6.45) is 0. The number of carbonyl (C=O) groups is 1. The van der Waals surface area contributed by atoms with Crippen molar-refractivity contribution in [1.82, 2.24) is 4.72 Å². The van der Waals surface area contributed by atoms with Crippen LogP contribution in [0, 0.1) is 6.92 Å². The Labute approximate surface area is 130 Å². The van der Waals surface area contributed by atoms with Crippen molar-refractivity contribution >= 4 is 21.6 Å². The van der Waals surface area contributed by atoms with Crippen molar-refractivity contribution < 1.29 is 13.2 Å². The second kappa shape index (κ2) is 6.72. The molecule has 116 valence electrons. The molecule has 0 bridgehead atoms. The summed E-state index contributed by atoms with van der Waals surface area (Å²) in [5.74, 6) is -0.276. The summed E-state index contributed by atoms with van der Waals surface area (Å²) in [5.41, 5.74) is 2.10. The van der Waals surface area contributed by atoms with E-state index in [-0.39, 0.29) is 10.8 Å². The van der Waals surface area contributed by atoms with Crippen LogP contribution in [0.4, 0.5) is 5.69 Å². The van der Waals surface area contributed by atoms with Crippen LogP contribution in [0.2, 0.25) is 0 Å². The molecule has 0 aliphatic heterocycles. The second-order valence-corrected chi connectivity index (χ2v) is 6.56. The Morgan fingerprint density at radius 3 is 2.27 bits per heavy atom. The number of hydrogen-bond acceptors (Lipinski definition) is 3. The lowest BCUT2D eigenvalue weighted by Gasteiger charge is -2.09. The molecule has 0 unspecified atom stereocenters. The van der Waals surface area contributed by atoms with Gasteiger partial charge in [-0.1, -0.05) is 25.1 Å². The second-order valence-electron chi connectivity index (χ2n) is 4.79. The van der Waals surface area contributed by atoms with Crippen molar-refractivity contribution in [2.45, 2.75) is 18.7 Å². The molecule has 0 saturated carbocycles. The Morgan fingerprint density at radius 1 is 1.05 bits per heavy atom. The Balaban J connectivity index is 2.17. The minimum absolute atomic E-state index is 0.141. The molecule has 5 nitrogen and oxygen atoms in total. The molecule has 0 radical (unpaired) electrons. The molecule has 0 spiro atoms. The van der Waals surface area contributed by atoms with Crippen LogP contribution in [-0.2, 0) is 10.0 Å². The summed E-state index contributed by atoms with van der Waals surface area (Å²) in [5, 5.41) is 2.81. The Kier molecular flexibility index (Phi) is 4.95. The lowest BCUT2D eigenvalue weighted by atomic mass is 10.1. The van der Waals surface area contributed by atoms with Crippen LogP contribution in [0.3, 0.4) is 0 Å². The molecule has 0 heterocycles. The lowest BCUT2D eigenvalue weighted by molar-refractivity contribution is 0.102. The number of anilines is 1. The van der Waals surface area contributed by atoms with Gasteiger partial charge in [-0.25, -0.2) is 13.1 Å². The van der Waals surface area contributed by atoms with E-state index in [4.69, 9.17) is 0 Å². The van der Waals surface area contributed by atoms with Crippen LogP contribution >= 0.6 is 0 Å². The first-order valence-electron chi connectivity index (χ1n) is 6.91. The molecule has 0 aliphatic rings. The molecule has 1 amide bonds. The van der Waals surface area contributed by atoms with E-state index in [1.165, 1.54) is 24.3 Å². The van der Waals surface area contributed by atoms with Gasteiger partial charge in [-0.15, -0.1) is 0 Å². The number of aryl methyl sites for hydroxylation is 1. The number of carbonyl (C=O) groups excluding carboxylic acids is 1. The monoisotopic (exact) mass is 318 g/mol. The van der Waals surface area contributed by atoms with E-state index in [9.17, 15) is 13.2 Å². The molecule has 2 aromatic carbocycles. The van der Waals surface area contributed by atoms with Crippen molar-refractivity contribution in [2.24, 2.45) is 0 Å². The van der Waals surface area contributed by atoms with Crippen molar-refractivity contribution in [2.75, 3.05) is 11.9 Å². The van der Waals surface area contributed by atoms with E-state index in [1.54, 1.807) is 6.92 Å². The molecule has 22 heavy (non-hydrogen) atoms. The zero-order chi connectivity index (χ0) is 16.2. The van der Waals surface area contributed by atoms with Gasteiger partial charge in [0.2, 0.25) is 10.0 Å². The maximum Gasteiger partial charge on any atom is 0.255 e. The van der Waals surface area contributed by atoms with Crippen molar-refractivity contribution in [3.05, 3.63) is 59.7 Å². The lowest BCUT2D eigenvalue weighted by Crippen LogP contribution is -2.23. The predicted molar refractivity (Wildman–Crippen MR) is 86.4 cm³/mol. The van der Waals surface area contributed by atoms with Gasteiger partial charge >= 0.3 is 0 Å². The molecule has 0 aliphatic carbocycles. The molecule has 6 heteroatoms. The fraction of sp³-hybridized carbons (Fsp3) is 0.188. The average molecular weight is 318 g/mol. The molecule has 2 aromatic rings. The van der Waals surface area contributed by atoms with E-state index in [2.05, 4.69) is 10.0 Å². The molecule has 0 atom stereocenters. The molecule has 2 N–H and O–H groups in total. The van der Waals surface area contributed by atoms with Crippen molar-refractivity contribution in [1.29, 1.82) is 0 Å². The molecule has 0 saturated heterocycles. The number of hydrogen-bond donors (Lipinski definition) is 2. The first-order chi connectivity index (χ1) is 10.4. The van der Waals surface area contributed by atoms with Crippen molar-refractivity contribution in [3.8, 4) is 0 Å². The fourth-order valence-electron chi connectivity index (χ4n) is 1.97. The first-order valence-corrected chi connectivity index (χ1v) is 8.39. The minimum atomic E-state index is -3.50. The molecule has 0 fully saturated rings. The molecular weight excluding hydrogens is 300 g/mol. The van der Waals surface area contributed by atoms with E-state index in [1.807, 2.05) is 31.2 Å². The van der Waals surface area contributed by atoms with E-state index in [0.717, 1.165) is 11.3 Å². The van der Waals surface area contributed by atoms with Gasteiger partial charge in [-0.05, 0) is 42.8 Å². The van der Waals surface area contributed by atoms with Gasteiger partial charge in [-0.3, -0.25) is 4.79 Å². The SMILES string of the molecule is CCNS(=O)(=O)c1ccc(C(=O)Nc2ccccc2C)cc1. The first kappa shape index (κ1) is 16.2. The Bertz CT molecular complexity index is 768. The number of sulfonamides is 1. The maximum absolute atomic E-state index is 12.2. The van der Waals surface area contributed by atoms with Gasteiger partial charge in [0.1, 0.15) is 0 Å². The van der Waals surface area contributed by atoms with E-state index >= 15 is 0 Å². The van der Waals surface area contributed by atoms with Crippen molar-refractivity contribution in [3.63, 3.8) is 0 Å². The molecule has 2 rings (SSSR count). The van der Waals surface area contributed by atoms with Gasteiger partial charge < -0.3 is 5.32 Å².